The van der Waals surface area contributed by atoms with E-state index in [4.69, 9.17) is 22.1 Å². The van der Waals surface area contributed by atoms with Gasteiger partial charge in [0.25, 0.3) is 0 Å². The molecule has 0 fully saturated rings. The molecule has 0 aliphatic heterocycles. The molecule has 0 saturated heterocycles. The molecule has 1 aromatic carbocycles. The van der Waals surface area contributed by atoms with Crippen molar-refractivity contribution in [3.8, 4) is 0 Å². The van der Waals surface area contributed by atoms with Crippen LogP contribution in [-0.4, -0.2) is 31.8 Å². The van der Waals surface area contributed by atoms with E-state index in [0.717, 1.165) is 23.0 Å². The standard InChI is InChI=1S/C14H18ClN3O/c1-19-8-7-17-13(9-16)11-4-5-12(15)10-3-2-6-18-14(10)11/h2-6,13,17H,7-9,16H2,1H3. The molecule has 5 heteroatoms. The van der Waals surface area contributed by atoms with Gasteiger partial charge in [-0.25, -0.2) is 0 Å². The smallest absolute Gasteiger partial charge is 0.0765 e. The highest BCUT2D eigenvalue weighted by Gasteiger charge is 2.14. The summed E-state index contributed by atoms with van der Waals surface area (Å²) in [5.74, 6) is 0. The van der Waals surface area contributed by atoms with Gasteiger partial charge in [-0.05, 0) is 23.8 Å². The lowest BCUT2D eigenvalue weighted by atomic mass is 10.0. The minimum Gasteiger partial charge on any atom is -0.383 e. The summed E-state index contributed by atoms with van der Waals surface area (Å²) in [5.41, 5.74) is 7.82. The Kier molecular flexibility index (Phi) is 5.10. The monoisotopic (exact) mass is 279 g/mol. The third-order valence-corrected chi connectivity index (χ3v) is 3.39. The third kappa shape index (κ3) is 3.22. The fourth-order valence-corrected chi connectivity index (χ4v) is 2.31. The molecule has 0 aliphatic carbocycles. The van der Waals surface area contributed by atoms with E-state index in [-0.39, 0.29) is 6.04 Å². The van der Waals surface area contributed by atoms with E-state index >= 15 is 0 Å². The molecule has 0 amide bonds. The van der Waals surface area contributed by atoms with Crippen molar-refractivity contribution in [3.05, 3.63) is 41.0 Å². The summed E-state index contributed by atoms with van der Waals surface area (Å²) >= 11 is 6.19. The van der Waals surface area contributed by atoms with Crippen LogP contribution in [0.3, 0.4) is 0 Å². The van der Waals surface area contributed by atoms with Gasteiger partial charge < -0.3 is 15.8 Å². The minimum absolute atomic E-state index is 0.0461. The number of halogens is 1. The maximum Gasteiger partial charge on any atom is 0.0765 e. The van der Waals surface area contributed by atoms with Crippen LogP contribution in [0.15, 0.2) is 30.5 Å². The van der Waals surface area contributed by atoms with Gasteiger partial charge in [0.15, 0.2) is 0 Å². The lowest BCUT2D eigenvalue weighted by Crippen LogP contribution is -2.31. The summed E-state index contributed by atoms with van der Waals surface area (Å²) < 4.78 is 5.04. The number of methoxy groups -OCH3 is 1. The molecule has 2 aromatic rings. The molecule has 1 heterocycles. The number of ether oxygens (including phenoxy) is 1. The SMILES string of the molecule is COCCNC(CN)c1ccc(Cl)c2cccnc12. The first-order chi connectivity index (χ1) is 9.27. The van der Waals surface area contributed by atoms with Crippen molar-refractivity contribution in [3.63, 3.8) is 0 Å². The zero-order valence-electron chi connectivity index (χ0n) is 10.9. The molecule has 0 aliphatic rings. The normalized spacial score (nSPS) is 12.8. The summed E-state index contributed by atoms with van der Waals surface area (Å²) in [6.45, 7) is 1.89. The van der Waals surface area contributed by atoms with Crippen molar-refractivity contribution in [2.24, 2.45) is 5.73 Å². The Morgan fingerprint density at radius 1 is 1.42 bits per heavy atom. The van der Waals surface area contributed by atoms with E-state index in [1.807, 2.05) is 24.3 Å². The Bertz CT molecular complexity index is 547. The number of hydrogen-bond donors (Lipinski definition) is 2. The average Bonchev–Trinajstić information content (AvgIpc) is 2.45. The van der Waals surface area contributed by atoms with Gasteiger partial charge in [0, 0.05) is 42.8 Å². The quantitative estimate of drug-likeness (QED) is 0.795. The van der Waals surface area contributed by atoms with Crippen LogP contribution in [-0.2, 0) is 4.74 Å². The van der Waals surface area contributed by atoms with Gasteiger partial charge in [-0.2, -0.15) is 0 Å². The molecular weight excluding hydrogens is 262 g/mol. The average molecular weight is 280 g/mol. The van der Waals surface area contributed by atoms with Crippen molar-refractivity contribution in [2.75, 3.05) is 26.8 Å². The first-order valence-electron chi connectivity index (χ1n) is 6.23. The van der Waals surface area contributed by atoms with E-state index in [1.54, 1.807) is 13.3 Å². The molecule has 4 nitrogen and oxygen atoms in total. The van der Waals surface area contributed by atoms with Gasteiger partial charge in [0.1, 0.15) is 0 Å². The topological polar surface area (TPSA) is 60.2 Å². The second-order valence-electron chi connectivity index (χ2n) is 4.27. The lowest BCUT2D eigenvalue weighted by Gasteiger charge is -2.19. The first-order valence-corrected chi connectivity index (χ1v) is 6.61. The zero-order chi connectivity index (χ0) is 13.7. The van der Waals surface area contributed by atoms with Gasteiger partial charge in [-0.1, -0.05) is 17.7 Å². The molecule has 0 bridgehead atoms. The number of benzene rings is 1. The van der Waals surface area contributed by atoms with E-state index in [0.29, 0.717) is 18.2 Å². The van der Waals surface area contributed by atoms with E-state index < -0.39 is 0 Å². The Balaban J connectivity index is 2.34. The molecule has 19 heavy (non-hydrogen) atoms. The number of fused-ring (bicyclic) bond motifs is 1. The van der Waals surface area contributed by atoms with Crippen LogP contribution in [0.2, 0.25) is 5.02 Å². The van der Waals surface area contributed by atoms with E-state index in [2.05, 4.69) is 10.3 Å². The Morgan fingerprint density at radius 2 is 2.26 bits per heavy atom. The molecule has 3 N–H and O–H groups in total. The van der Waals surface area contributed by atoms with Crippen molar-refractivity contribution < 1.29 is 4.74 Å². The van der Waals surface area contributed by atoms with Crippen molar-refractivity contribution in [2.45, 2.75) is 6.04 Å². The molecule has 0 radical (unpaired) electrons. The number of aromatic nitrogens is 1. The molecule has 1 atom stereocenters. The largest absolute Gasteiger partial charge is 0.383 e. The van der Waals surface area contributed by atoms with Gasteiger partial charge in [0.2, 0.25) is 0 Å². The van der Waals surface area contributed by atoms with E-state index in [9.17, 15) is 0 Å². The number of rotatable bonds is 6. The van der Waals surface area contributed by atoms with Crippen LogP contribution in [0.1, 0.15) is 11.6 Å². The van der Waals surface area contributed by atoms with Gasteiger partial charge in [0.05, 0.1) is 12.1 Å². The summed E-state index contributed by atoms with van der Waals surface area (Å²) in [4.78, 5) is 4.43. The minimum atomic E-state index is 0.0461. The molecule has 1 aromatic heterocycles. The summed E-state index contributed by atoms with van der Waals surface area (Å²) in [6, 6.07) is 7.77. The second kappa shape index (κ2) is 6.82. The highest BCUT2D eigenvalue weighted by Crippen LogP contribution is 2.28. The highest BCUT2D eigenvalue weighted by atomic mass is 35.5. The zero-order valence-corrected chi connectivity index (χ0v) is 11.7. The predicted octanol–water partition coefficient (Wildman–Crippen LogP) is 2.12. The van der Waals surface area contributed by atoms with Crippen molar-refractivity contribution in [1.82, 2.24) is 10.3 Å². The Hall–Kier alpha value is -1.20. The van der Waals surface area contributed by atoms with Crippen molar-refractivity contribution in [1.29, 1.82) is 0 Å². The molecule has 2 rings (SSSR count). The number of pyridine rings is 1. The van der Waals surface area contributed by atoms with Gasteiger partial charge in [-0.15, -0.1) is 0 Å². The van der Waals surface area contributed by atoms with Crippen LogP contribution in [0.5, 0.6) is 0 Å². The highest BCUT2D eigenvalue weighted by molar-refractivity contribution is 6.35. The summed E-state index contributed by atoms with van der Waals surface area (Å²) in [7, 11) is 1.68. The van der Waals surface area contributed by atoms with Crippen LogP contribution in [0, 0.1) is 0 Å². The fourth-order valence-electron chi connectivity index (χ4n) is 2.10. The molecule has 0 spiro atoms. The summed E-state index contributed by atoms with van der Waals surface area (Å²) in [5, 5.41) is 5.03. The maximum atomic E-state index is 6.19. The van der Waals surface area contributed by atoms with E-state index in [1.165, 1.54) is 0 Å². The summed E-state index contributed by atoms with van der Waals surface area (Å²) in [6.07, 6.45) is 1.77. The number of hydrogen-bond acceptors (Lipinski definition) is 4. The first kappa shape index (κ1) is 14.2. The maximum absolute atomic E-state index is 6.19. The molecule has 0 saturated carbocycles. The predicted molar refractivity (Wildman–Crippen MR) is 78.4 cm³/mol. The van der Waals surface area contributed by atoms with Gasteiger partial charge >= 0.3 is 0 Å². The van der Waals surface area contributed by atoms with Crippen LogP contribution >= 0.6 is 11.6 Å². The fraction of sp³-hybridized carbons (Fsp3) is 0.357. The van der Waals surface area contributed by atoms with Crippen molar-refractivity contribution >= 4 is 22.5 Å². The number of nitrogens with zero attached hydrogens (tertiary/aromatic N) is 1. The Labute approximate surface area is 117 Å². The van der Waals surface area contributed by atoms with Crippen LogP contribution in [0.25, 0.3) is 10.9 Å². The van der Waals surface area contributed by atoms with Gasteiger partial charge in [-0.3, -0.25) is 4.98 Å². The number of nitrogens with two attached hydrogens (primary N) is 1. The molecular formula is C14H18ClN3O. The number of nitrogens with one attached hydrogen (secondary N) is 1. The van der Waals surface area contributed by atoms with Crippen LogP contribution in [0.4, 0.5) is 0 Å². The third-order valence-electron chi connectivity index (χ3n) is 3.06. The van der Waals surface area contributed by atoms with Crippen LogP contribution < -0.4 is 11.1 Å². The molecule has 1 unspecified atom stereocenters. The lowest BCUT2D eigenvalue weighted by molar-refractivity contribution is 0.196. The Morgan fingerprint density at radius 3 is 3.00 bits per heavy atom. The molecule has 102 valence electrons. The second-order valence-corrected chi connectivity index (χ2v) is 4.68.